The van der Waals surface area contributed by atoms with Crippen LogP contribution in [0.4, 0.5) is 0 Å². The van der Waals surface area contributed by atoms with Crippen molar-refractivity contribution in [2.24, 2.45) is 0 Å². The largest absolute Gasteiger partial charge is 0.497 e. The van der Waals surface area contributed by atoms with Gasteiger partial charge in [-0.25, -0.2) is 0 Å². The molecule has 0 saturated heterocycles. The van der Waals surface area contributed by atoms with Gasteiger partial charge < -0.3 is 10.1 Å². The Morgan fingerprint density at radius 2 is 2.13 bits per heavy atom. The fourth-order valence-corrected chi connectivity index (χ4v) is 2.59. The Kier molecular flexibility index (Phi) is 5.92. The van der Waals surface area contributed by atoms with Crippen LogP contribution in [-0.4, -0.2) is 33.8 Å². The standard InChI is InChI=1S/C16H22N4O2S/c1-4-5-11(2)17-14(21)10-20-15(18-19-16(20)23)12-6-8-13(22-3)9-7-12/h6-9,11H,4-5,10H2,1-3H3,(H,17,21)(H,19,23). The van der Waals surface area contributed by atoms with Crippen molar-refractivity contribution in [3.63, 3.8) is 0 Å². The second-order valence-electron chi connectivity index (χ2n) is 5.42. The number of H-pyrrole nitrogens is 1. The van der Waals surface area contributed by atoms with Crippen molar-refractivity contribution in [1.82, 2.24) is 20.1 Å². The van der Waals surface area contributed by atoms with Gasteiger partial charge in [-0.2, -0.15) is 5.10 Å². The van der Waals surface area contributed by atoms with Gasteiger partial charge in [-0.1, -0.05) is 13.3 Å². The van der Waals surface area contributed by atoms with Gasteiger partial charge in [-0.05, 0) is 49.8 Å². The molecule has 2 rings (SSSR count). The van der Waals surface area contributed by atoms with Crippen LogP contribution in [0.1, 0.15) is 26.7 Å². The van der Waals surface area contributed by atoms with Crippen LogP contribution in [0.15, 0.2) is 24.3 Å². The molecule has 0 spiro atoms. The first-order valence-electron chi connectivity index (χ1n) is 7.64. The fraction of sp³-hybridized carbons (Fsp3) is 0.438. The van der Waals surface area contributed by atoms with Crippen LogP contribution in [0.5, 0.6) is 5.75 Å². The minimum Gasteiger partial charge on any atom is -0.497 e. The first-order chi connectivity index (χ1) is 11.0. The van der Waals surface area contributed by atoms with Crippen LogP contribution in [-0.2, 0) is 11.3 Å². The molecule has 1 atom stereocenters. The maximum Gasteiger partial charge on any atom is 0.240 e. The molecule has 0 radical (unpaired) electrons. The Bertz CT molecular complexity index is 706. The van der Waals surface area contributed by atoms with E-state index in [9.17, 15) is 4.79 Å². The number of carbonyl (C=O) groups excluding carboxylic acids is 1. The highest BCUT2D eigenvalue weighted by Gasteiger charge is 2.13. The normalized spacial score (nSPS) is 12.0. The summed E-state index contributed by atoms with van der Waals surface area (Å²) in [5.74, 6) is 1.33. The van der Waals surface area contributed by atoms with Gasteiger partial charge >= 0.3 is 0 Å². The van der Waals surface area contributed by atoms with Crippen LogP contribution in [0.3, 0.4) is 0 Å². The average molecular weight is 334 g/mol. The number of benzene rings is 1. The average Bonchev–Trinajstić information content (AvgIpc) is 2.88. The molecular formula is C16H22N4O2S. The van der Waals surface area contributed by atoms with Crippen molar-refractivity contribution in [2.75, 3.05) is 7.11 Å². The fourth-order valence-electron chi connectivity index (χ4n) is 2.39. The lowest BCUT2D eigenvalue weighted by Crippen LogP contribution is -2.35. The van der Waals surface area contributed by atoms with Crippen LogP contribution in [0, 0.1) is 4.77 Å². The Morgan fingerprint density at radius 3 is 2.74 bits per heavy atom. The molecule has 0 fully saturated rings. The molecule has 2 N–H and O–H groups in total. The van der Waals surface area contributed by atoms with E-state index in [1.165, 1.54) is 0 Å². The maximum absolute atomic E-state index is 12.2. The lowest BCUT2D eigenvalue weighted by Gasteiger charge is -2.13. The summed E-state index contributed by atoms with van der Waals surface area (Å²) in [6, 6.07) is 7.62. The first kappa shape index (κ1) is 17.2. The van der Waals surface area contributed by atoms with Gasteiger partial charge in [0.15, 0.2) is 10.6 Å². The monoisotopic (exact) mass is 334 g/mol. The van der Waals surface area contributed by atoms with Crippen LogP contribution in [0.25, 0.3) is 11.4 Å². The number of amides is 1. The van der Waals surface area contributed by atoms with E-state index >= 15 is 0 Å². The highest BCUT2D eigenvalue weighted by molar-refractivity contribution is 7.71. The third-order valence-corrected chi connectivity index (χ3v) is 3.85. The van der Waals surface area contributed by atoms with Crippen LogP contribution in [0.2, 0.25) is 0 Å². The topological polar surface area (TPSA) is 71.9 Å². The summed E-state index contributed by atoms with van der Waals surface area (Å²) >= 11 is 5.24. The zero-order chi connectivity index (χ0) is 16.8. The number of ether oxygens (including phenoxy) is 1. The van der Waals surface area contributed by atoms with Crippen LogP contribution >= 0.6 is 12.2 Å². The number of nitrogens with one attached hydrogen (secondary N) is 2. The van der Waals surface area contributed by atoms with Gasteiger partial charge in [0.05, 0.1) is 7.11 Å². The van der Waals surface area contributed by atoms with E-state index in [1.54, 1.807) is 11.7 Å². The maximum atomic E-state index is 12.2. The second-order valence-corrected chi connectivity index (χ2v) is 5.81. The van der Waals surface area contributed by atoms with Gasteiger partial charge in [-0.15, -0.1) is 0 Å². The van der Waals surface area contributed by atoms with E-state index in [2.05, 4.69) is 22.4 Å². The summed E-state index contributed by atoms with van der Waals surface area (Å²) in [6.45, 7) is 4.24. The Morgan fingerprint density at radius 1 is 1.43 bits per heavy atom. The first-order valence-corrected chi connectivity index (χ1v) is 8.05. The van der Waals surface area contributed by atoms with Crippen molar-refractivity contribution >= 4 is 18.1 Å². The summed E-state index contributed by atoms with van der Waals surface area (Å²) in [4.78, 5) is 12.2. The lowest BCUT2D eigenvalue weighted by molar-refractivity contribution is -0.122. The Hall–Kier alpha value is -2.15. The zero-order valence-corrected chi connectivity index (χ0v) is 14.4. The number of hydrogen-bond donors (Lipinski definition) is 2. The van der Waals surface area contributed by atoms with E-state index in [-0.39, 0.29) is 18.5 Å². The molecule has 0 aliphatic carbocycles. The minimum atomic E-state index is -0.0711. The van der Waals surface area contributed by atoms with Gasteiger partial charge in [0.25, 0.3) is 0 Å². The molecule has 1 amide bonds. The molecule has 1 aromatic heterocycles. The molecule has 1 heterocycles. The third-order valence-electron chi connectivity index (χ3n) is 3.54. The van der Waals surface area contributed by atoms with E-state index < -0.39 is 0 Å². The molecule has 0 saturated carbocycles. The summed E-state index contributed by atoms with van der Waals surface area (Å²) in [6.07, 6.45) is 1.98. The molecule has 0 aliphatic heterocycles. The minimum absolute atomic E-state index is 0.0711. The molecule has 7 heteroatoms. The molecule has 6 nitrogen and oxygen atoms in total. The number of nitrogens with zero attached hydrogens (tertiary/aromatic N) is 2. The Labute approximate surface area is 140 Å². The molecule has 2 aromatic rings. The van der Waals surface area contributed by atoms with Crippen molar-refractivity contribution in [2.45, 2.75) is 39.3 Å². The Balaban J connectivity index is 2.18. The molecule has 1 aromatic carbocycles. The smallest absolute Gasteiger partial charge is 0.240 e. The zero-order valence-electron chi connectivity index (χ0n) is 13.6. The summed E-state index contributed by atoms with van der Waals surface area (Å²) < 4.78 is 7.28. The number of carbonyl (C=O) groups is 1. The molecular weight excluding hydrogens is 312 g/mol. The van der Waals surface area contributed by atoms with Gasteiger partial charge in [-0.3, -0.25) is 14.5 Å². The van der Waals surface area contributed by atoms with Crippen molar-refractivity contribution in [1.29, 1.82) is 0 Å². The molecule has 0 aliphatic rings. The van der Waals surface area contributed by atoms with Crippen molar-refractivity contribution < 1.29 is 9.53 Å². The number of hydrogen-bond acceptors (Lipinski definition) is 4. The summed E-state index contributed by atoms with van der Waals surface area (Å²) in [7, 11) is 1.62. The number of methoxy groups -OCH3 is 1. The predicted octanol–water partition coefficient (Wildman–Crippen LogP) is 2.92. The van der Waals surface area contributed by atoms with E-state index in [1.807, 2.05) is 31.2 Å². The molecule has 23 heavy (non-hydrogen) atoms. The molecule has 1 unspecified atom stereocenters. The summed E-state index contributed by atoms with van der Waals surface area (Å²) in [5, 5.41) is 9.96. The quantitative estimate of drug-likeness (QED) is 0.764. The summed E-state index contributed by atoms with van der Waals surface area (Å²) in [5.41, 5.74) is 0.868. The van der Waals surface area contributed by atoms with E-state index in [0.29, 0.717) is 10.6 Å². The van der Waals surface area contributed by atoms with Crippen molar-refractivity contribution in [3.8, 4) is 17.1 Å². The van der Waals surface area contributed by atoms with E-state index in [0.717, 1.165) is 24.2 Å². The van der Waals surface area contributed by atoms with Crippen molar-refractivity contribution in [3.05, 3.63) is 29.0 Å². The third kappa shape index (κ3) is 4.41. The number of aromatic nitrogens is 3. The predicted molar refractivity (Wildman–Crippen MR) is 91.9 cm³/mol. The van der Waals surface area contributed by atoms with Gasteiger partial charge in [0.1, 0.15) is 12.3 Å². The van der Waals surface area contributed by atoms with Gasteiger partial charge in [0.2, 0.25) is 5.91 Å². The molecule has 0 bridgehead atoms. The lowest BCUT2D eigenvalue weighted by atomic mass is 10.2. The van der Waals surface area contributed by atoms with Crippen LogP contribution < -0.4 is 10.1 Å². The SMILES string of the molecule is CCCC(C)NC(=O)Cn1c(-c2ccc(OC)cc2)n[nH]c1=S. The highest BCUT2D eigenvalue weighted by Crippen LogP contribution is 2.20. The van der Waals surface area contributed by atoms with Gasteiger partial charge in [0, 0.05) is 11.6 Å². The van der Waals surface area contributed by atoms with E-state index in [4.69, 9.17) is 17.0 Å². The molecule has 124 valence electrons. The second kappa shape index (κ2) is 7.92. The number of aromatic amines is 1. The number of rotatable bonds is 7. The highest BCUT2D eigenvalue weighted by atomic mass is 32.1.